The van der Waals surface area contributed by atoms with E-state index in [-0.39, 0.29) is 48.7 Å². The van der Waals surface area contributed by atoms with Crippen LogP contribution in [0.2, 0.25) is 0 Å². The van der Waals surface area contributed by atoms with Crippen LogP contribution in [0.15, 0.2) is 29.2 Å². The second-order valence-corrected chi connectivity index (χ2v) is 8.21. The summed E-state index contributed by atoms with van der Waals surface area (Å²) >= 11 is 0. The van der Waals surface area contributed by atoms with E-state index in [1.807, 2.05) is 0 Å². The molecule has 2 aliphatic rings. The maximum atomic E-state index is 13.3. The van der Waals surface area contributed by atoms with Gasteiger partial charge in [0.1, 0.15) is 5.82 Å². The SMILES string of the molecule is Cl.Cl.O=C(CN1CCNCC1)N1CCN(S(=O)(=O)c2cccc(F)c2)CC1. The molecule has 11 heteroatoms. The topological polar surface area (TPSA) is 73.0 Å². The molecular weight excluding hydrogens is 418 g/mol. The lowest BCUT2D eigenvalue weighted by Crippen LogP contribution is -2.54. The average Bonchev–Trinajstić information content (AvgIpc) is 2.62. The number of benzene rings is 1. The van der Waals surface area contributed by atoms with Crippen molar-refractivity contribution >= 4 is 40.7 Å². The lowest BCUT2D eigenvalue weighted by atomic mass is 10.3. The molecular formula is C16H25Cl2FN4O3S. The summed E-state index contributed by atoms with van der Waals surface area (Å²) in [5, 5.41) is 3.24. The molecule has 0 aromatic heterocycles. The maximum Gasteiger partial charge on any atom is 0.243 e. The van der Waals surface area contributed by atoms with E-state index >= 15 is 0 Å². The quantitative estimate of drug-likeness (QED) is 0.730. The maximum absolute atomic E-state index is 13.3. The van der Waals surface area contributed by atoms with Crippen LogP contribution in [-0.2, 0) is 14.8 Å². The van der Waals surface area contributed by atoms with Crippen molar-refractivity contribution < 1.29 is 17.6 Å². The first-order valence-electron chi connectivity index (χ1n) is 8.43. The van der Waals surface area contributed by atoms with Crippen LogP contribution >= 0.6 is 24.8 Å². The van der Waals surface area contributed by atoms with Gasteiger partial charge in [-0.05, 0) is 18.2 Å². The molecule has 0 atom stereocenters. The predicted molar refractivity (Wildman–Crippen MR) is 106 cm³/mol. The highest BCUT2D eigenvalue weighted by Gasteiger charge is 2.30. The standard InChI is InChI=1S/C16H23FN4O3S.2ClH/c17-14-2-1-3-15(12-14)25(23,24)21-10-8-20(9-11-21)16(22)13-19-6-4-18-5-7-19;;/h1-3,12,18H,4-11,13H2;2*1H. The highest BCUT2D eigenvalue weighted by Crippen LogP contribution is 2.18. The number of hydrogen-bond acceptors (Lipinski definition) is 5. The van der Waals surface area contributed by atoms with Crippen LogP contribution < -0.4 is 5.32 Å². The molecule has 2 heterocycles. The van der Waals surface area contributed by atoms with Gasteiger partial charge in [-0.1, -0.05) is 6.07 Å². The number of hydrogen-bond donors (Lipinski definition) is 1. The molecule has 3 rings (SSSR count). The first kappa shape index (κ1) is 24.1. The summed E-state index contributed by atoms with van der Waals surface area (Å²) in [7, 11) is -3.72. The Labute approximate surface area is 171 Å². The van der Waals surface area contributed by atoms with Gasteiger partial charge in [-0.15, -0.1) is 24.8 Å². The lowest BCUT2D eigenvalue weighted by molar-refractivity contribution is -0.133. The molecule has 7 nitrogen and oxygen atoms in total. The van der Waals surface area contributed by atoms with E-state index in [0.29, 0.717) is 19.6 Å². The number of carbonyl (C=O) groups excluding carboxylic acids is 1. The number of nitrogens with one attached hydrogen (secondary N) is 1. The summed E-state index contributed by atoms with van der Waals surface area (Å²) in [4.78, 5) is 16.1. The zero-order chi connectivity index (χ0) is 17.9. The van der Waals surface area contributed by atoms with Crippen molar-refractivity contribution in [1.29, 1.82) is 0 Å². The van der Waals surface area contributed by atoms with E-state index < -0.39 is 15.8 Å². The first-order valence-corrected chi connectivity index (χ1v) is 9.87. The number of halogens is 3. The molecule has 154 valence electrons. The molecule has 0 spiro atoms. The van der Waals surface area contributed by atoms with Gasteiger partial charge in [0, 0.05) is 52.4 Å². The Hall–Kier alpha value is -0.970. The Balaban J connectivity index is 0.00000182. The zero-order valence-electron chi connectivity index (χ0n) is 14.8. The molecule has 0 radical (unpaired) electrons. The van der Waals surface area contributed by atoms with Crippen molar-refractivity contribution in [2.24, 2.45) is 0 Å². The van der Waals surface area contributed by atoms with Gasteiger partial charge in [0.25, 0.3) is 0 Å². The smallest absolute Gasteiger partial charge is 0.243 e. The van der Waals surface area contributed by atoms with E-state index in [0.717, 1.165) is 32.2 Å². The first-order chi connectivity index (χ1) is 12.0. The van der Waals surface area contributed by atoms with Gasteiger partial charge in [-0.3, -0.25) is 9.69 Å². The third kappa shape index (κ3) is 6.00. The zero-order valence-corrected chi connectivity index (χ0v) is 17.3. The molecule has 2 aliphatic heterocycles. The molecule has 1 amide bonds. The molecule has 1 aromatic rings. The van der Waals surface area contributed by atoms with Gasteiger partial charge < -0.3 is 10.2 Å². The number of sulfonamides is 1. The average molecular weight is 443 g/mol. The fourth-order valence-corrected chi connectivity index (χ4v) is 4.57. The molecule has 1 aromatic carbocycles. The number of piperazine rings is 2. The number of amides is 1. The lowest BCUT2D eigenvalue weighted by Gasteiger charge is -2.35. The Kier molecular flexibility index (Phi) is 9.40. The number of carbonyl (C=O) groups is 1. The minimum absolute atomic E-state index is 0. The summed E-state index contributed by atoms with van der Waals surface area (Å²) in [5.74, 6) is -0.546. The van der Waals surface area contributed by atoms with Crippen LogP contribution in [0, 0.1) is 5.82 Å². The van der Waals surface area contributed by atoms with Gasteiger partial charge in [0.2, 0.25) is 15.9 Å². The van der Waals surface area contributed by atoms with Crippen LogP contribution in [-0.4, -0.2) is 87.3 Å². The van der Waals surface area contributed by atoms with Crippen molar-refractivity contribution in [1.82, 2.24) is 19.4 Å². The van der Waals surface area contributed by atoms with Crippen LogP contribution in [0.5, 0.6) is 0 Å². The van der Waals surface area contributed by atoms with Crippen molar-refractivity contribution in [2.45, 2.75) is 4.90 Å². The van der Waals surface area contributed by atoms with Gasteiger partial charge in [-0.2, -0.15) is 4.31 Å². The summed E-state index contributed by atoms with van der Waals surface area (Å²) in [5.41, 5.74) is 0. The molecule has 2 saturated heterocycles. The predicted octanol–water partition coefficient (Wildman–Crippen LogP) is 0.407. The molecule has 0 unspecified atom stereocenters. The molecule has 1 N–H and O–H groups in total. The van der Waals surface area contributed by atoms with Crippen molar-refractivity contribution in [2.75, 3.05) is 58.9 Å². The highest BCUT2D eigenvalue weighted by atomic mass is 35.5. The third-order valence-electron chi connectivity index (χ3n) is 4.59. The summed E-state index contributed by atoms with van der Waals surface area (Å²) in [6.45, 7) is 5.01. The van der Waals surface area contributed by atoms with Gasteiger partial charge in [0.05, 0.1) is 11.4 Å². The minimum atomic E-state index is -3.72. The van der Waals surface area contributed by atoms with E-state index in [1.54, 1.807) is 4.90 Å². The molecule has 0 saturated carbocycles. The second kappa shape index (κ2) is 10.5. The summed E-state index contributed by atoms with van der Waals surface area (Å²) in [6, 6.07) is 5.01. The van der Waals surface area contributed by atoms with E-state index in [4.69, 9.17) is 0 Å². The van der Waals surface area contributed by atoms with Crippen molar-refractivity contribution in [3.63, 3.8) is 0 Å². The van der Waals surface area contributed by atoms with Gasteiger partial charge in [0.15, 0.2) is 0 Å². The minimum Gasteiger partial charge on any atom is -0.339 e. The van der Waals surface area contributed by atoms with Gasteiger partial charge >= 0.3 is 0 Å². The molecule has 0 bridgehead atoms. The highest BCUT2D eigenvalue weighted by molar-refractivity contribution is 7.89. The number of rotatable bonds is 4. The number of nitrogens with zero attached hydrogens (tertiary/aromatic N) is 3. The monoisotopic (exact) mass is 442 g/mol. The third-order valence-corrected chi connectivity index (χ3v) is 6.49. The van der Waals surface area contributed by atoms with Crippen LogP contribution in [0.1, 0.15) is 0 Å². The van der Waals surface area contributed by atoms with Crippen LogP contribution in [0.4, 0.5) is 4.39 Å². The van der Waals surface area contributed by atoms with E-state index in [9.17, 15) is 17.6 Å². The van der Waals surface area contributed by atoms with Crippen LogP contribution in [0.25, 0.3) is 0 Å². The van der Waals surface area contributed by atoms with Crippen molar-refractivity contribution in [3.05, 3.63) is 30.1 Å². The Bertz CT molecular complexity index is 724. The molecule has 0 aliphatic carbocycles. The Morgan fingerprint density at radius 1 is 1.04 bits per heavy atom. The fraction of sp³-hybridized carbons (Fsp3) is 0.562. The van der Waals surface area contributed by atoms with Gasteiger partial charge in [-0.25, -0.2) is 12.8 Å². The normalized spacial score (nSPS) is 19.1. The Morgan fingerprint density at radius 2 is 1.67 bits per heavy atom. The van der Waals surface area contributed by atoms with E-state index in [1.165, 1.54) is 22.5 Å². The van der Waals surface area contributed by atoms with Crippen molar-refractivity contribution in [3.8, 4) is 0 Å². The fourth-order valence-electron chi connectivity index (χ4n) is 3.11. The van der Waals surface area contributed by atoms with E-state index in [2.05, 4.69) is 10.2 Å². The molecule has 27 heavy (non-hydrogen) atoms. The van der Waals surface area contributed by atoms with Crippen LogP contribution in [0.3, 0.4) is 0 Å². The summed E-state index contributed by atoms with van der Waals surface area (Å²) < 4.78 is 39.8. The largest absolute Gasteiger partial charge is 0.339 e. The second-order valence-electron chi connectivity index (χ2n) is 6.27. The summed E-state index contributed by atoms with van der Waals surface area (Å²) in [6.07, 6.45) is 0. The Morgan fingerprint density at radius 3 is 2.26 bits per heavy atom. The molecule has 2 fully saturated rings.